The predicted molar refractivity (Wildman–Crippen MR) is 68.8 cm³/mol. The van der Waals surface area contributed by atoms with Gasteiger partial charge in [-0.2, -0.15) is 0 Å². The first kappa shape index (κ1) is 12.5. The number of hydrogen-bond acceptors (Lipinski definition) is 5. The van der Waals surface area contributed by atoms with E-state index in [-0.39, 0.29) is 28.6 Å². The van der Waals surface area contributed by atoms with E-state index in [1.54, 1.807) is 13.1 Å². The van der Waals surface area contributed by atoms with E-state index in [1.165, 1.54) is 6.07 Å². The Morgan fingerprint density at radius 2 is 2.17 bits per heavy atom. The van der Waals surface area contributed by atoms with Crippen LogP contribution in [0.25, 0.3) is 0 Å². The third-order valence-electron chi connectivity index (χ3n) is 2.35. The minimum absolute atomic E-state index is 0.0880. The van der Waals surface area contributed by atoms with Crippen LogP contribution < -0.4 is 16.8 Å². The van der Waals surface area contributed by atoms with Crippen LogP contribution in [0.1, 0.15) is 11.7 Å². The SMILES string of the molecule is Cc1cnc(CNc2c(N)cc(N)c(Cl)c2F)o1. The highest BCUT2D eigenvalue weighted by atomic mass is 35.5. The molecule has 0 spiro atoms. The van der Waals surface area contributed by atoms with Crippen molar-refractivity contribution in [2.45, 2.75) is 13.5 Å². The molecule has 0 saturated heterocycles. The third kappa shape index (κ3) is 2.33. The van der Waals surface area contributed by atoms with Gasteiger partial charge in [0.1, 0.15) is 10.8 Å². The van der Waals surface area contributed by atoms with Gasteiger partial charge in [0.25, 0.3) is 0 Å². The molecule has 0 fully saturated rings. The number of aryl methyl sites for hydroxylation is 1. The summed E-state index contributed by atoms with van der Waals surface area (Å²) in [6, 6.07) is 1.40. The van der Waals surface area contributed by atoms with Crippen molar-refractivity contribution < 1.29 is 8.81 Å². The summed E-state index contributed by atoms with van der Waals surface area (Å²) in [6.07, 6.45) is 1.58. The average Bonchev–Trinajstić information content (AvgIpc) is 2.72. The Morgan fingerprint density at radius 3 is 2.78 bits per heavy atom. The monoisotopic (exact) mass is 270 g/mol. The zero-order valence-corrected chi connectivity index (χ0v) is 10.4. The number of rotatable bonds is 3. The first-order valence-electron chi connectivity index (χ1n) is 5.17. The summed E-state index contributed by atoms with van der Waals surface area (Å²) < 4.78 is 19.1. The van der Waals surface area contributed by atoms with Gasteiger partial charge in [0.15, 0.2) is 5.82 Å². The Hall–Kier alpha value is -1.95. The van der Waals surface area contributed by atoms with Gasteiger partial charge < -0.3 is 21.2 Å². The molecule has 2 aromatic rings. The van der Waals surface area contributed by atoms with Gasteiger partial charge in [-0.1, -0.05) is 11.6 Å². The Kier molecular flexibility index (Phi) is 3.29. The number of benzene rings is 1. The van der Waals surface area contributed by atoms with Gasteiger partial charge in [0.05, 0.1) is 29.8 Å². The fraction of sp³-hybridized carbons (Fsp3) is 0.182. The number of nitrogen functional groups attached to an aromatic ring is 2. The van der Waals surface area contributed by atoms with Crippen LogP contribution in [0, 0.1) is 12.7 Å². The molecule has 0 radical (unpaired) electrons. The summed E-state index contributed by atoms with van der Waals surface area (Å²) >= 11 is 5.71. The van der Waals surface area contributed by atoms with Gasteiger partial charge >= 0.3 is 0 Å². The largest absolute Gasteiger partial charge is 0.444 e. The number of anilines is 3. The van der Waals surface area contributed by atoms with Gasteiger partial charge in [0, 0.05) is 0 Å². The number of halogens is 2. The van der Waals surface area contributed by atoms with Crippen molar-refractivity contribution in [1.29, 1.82) is 0 Å². The van der Waals surface area contributed by atoms with E-state index in [0.717, 1.165) is 0 Å². The van der Waals surface area contributed by atoms with Crippen molar-refractivity contribution in [1.82, 2.24) is 4.98 Å². The van der Waals surface area contributed by atoms with Crippen LogP contribution in [0.3, 0.4) is 0 Å². The Balaban J connectivity index is 2.22. The van der Waals surface area contributed by atoms with Crippen LogP contribution in [0.2, 0.25) is 5.02 Å². The van der Waals surface area contributed by atoms with E-state index in [4.69, 9.17) is 27.5 Å². The summed E-state index contributed by atoms with van der Waals surface area (Å²) in [5.74, 6) is 0.423. The maximum atomic E-state index is 13.8. The quantitative estimate of drug-likeness (QED) is 0.746. The molecule has 0 atom stereocenters. The molecule has 0 aliphatic carbocycles. The van der Waals surface area contributed by atoms with Crippen LogP contribution in [-0.4, -0.2) is 4.98 Å². The fourth-order valence-corrected chi connectivity index (χ4v) is 1.64. The number of nitrogens with zero attached hydrogens (tertiary/aromatic N) is 1. The first-order valence-corrected chi connectivity index (χ1v) is 5.55. The third-order valence-corrected chi connectivity index (χ3v) is 2.73. The van der Waals surface area contributed by atoms with Crippen molar-refractivity contribution in [3.63, 3.8) is 0 Å². The summed E-state index contributed by atoms with van der Waals surface area (Å²) in [7, 11) is 0. The molecule has 7 heteroatoms. The van der Waals surface area contributed by atoms with E-state index < -0.39 is 5.82 Å². The number of nitrogens with two attached hydrogens (primary N) is 2. The number of hydrogen-bond donors (Lipinski definition) is 3. The number of oxazole rings is 1. The lowest BCUT2D eigenvalue weighted by atomic mass is 10.2. The molecule has 5 nitrogen and oxygen atoms in total. The molecule has 1 heterocycles. The molecule has 0 saturated carbocycles. The van der Waals surface area contributed by atoms with E-state index >= 15 is 0 Å². The Morgan fingerprint density at radius 1 is 1.44 bits per heavy atom. The van der Waals surface area contributed by atoms with Gasteiger partial charge in [0.2, 0.25) is 5.89 Å². The van der Waals surface area contributed by atoms with Crippen LogP contribution in [0.15, 0.2) is 16.7 Å². The molecule has 0 aliphatic heterocycles. The lowest BCUT2D eigenvalue weighted by Crippen LogP contribution is -2.06. The molecular formula is C11H12ClFN4O. The molecule has 1 aromatic carbocycles. The van der Waals surface area contributed by atoms with Gasteiger partial charge in [-0.15, -0.1) is 0 Å². The molecule has 1 aromatic heterocycles. The smallest absolute Gasteiger partial charge is 0.213 e. The molecule has 0 amide bonds. The van der Waals surface area contributed by atoms with Crippen molar-refractivity contribution >= 4 is 28.7 Å². The Labute approximate surface area is 108 Å². The average molecular weight is 271 g/mol. The molecule has 18 heavy (non-hydrogen) atoms. The summed E-state index contributed by atoms with van der Waals surface area (Å²) in [5, 5.41) is 2.63. The lowest BCUT2D eigenvalue weighted by Gasteiger charge is -2.11. The predicted octanol–water partition coefficient (Wildman–Crippen LogP) is 2.55. The van der Waals surface area contributed by atoms with E-state index in [0.29, 0.717) is 11.7 Å². The molecule has 0 bridgehead atoms. The van der Waals surface area contributed by atoms with Crippen LogP contribution in [0.5, 0.6) is 0 Å². The van der Waals surface area contributed by atoms with Gasteiger partial charge in [-0.05, 0) is 13.0 Å². The van der Waals surface area contributed by atoms with Crippen LogP contribution >= 0.6 is 11.6 Å². The van der Waals surface area contributed by atoms with Gasteiger partial charge in [-0.3, -0.25) is 0 Å². The van der Waals surface area contributed by atoms with Crippen molar-refractivity contribution in [2.75, 3.05) is 16.8 Å². The van der Waals surface area contributed by atoms with Crippen molar-refractivity contribution in [2.24, 2.45) is 0 Å². The molecular weight excluding hydrogens is 259 g/mol. The molecule has 5 N–H and O–H groups in total. The topological polar surface area (TPSA) is 90.1 Å². The normalized spacial score (nSPS) is 10.6. The number of nitrogens with one attached hydrogen (secondary N) is 1. The minimum Gasteiger partial charge on any atom is -0.444 e. The number of aromatic nitrogens is 1. The highest BCUT2D eigenvalue weighted by Gasteiger charge is 2.14. The lowest BCUT2D eigenvalue weighted by molar-refractivity contribution is 0.478. The van der Waals surface area contributed by atoms with Crippen LogP contribution in [0.4, 0.5) is 21.5 Å². The molecule has 0 aliphatic rings. The second kappa shape index (κ2) is 4.73. The zero-order valence-electron chi connectivity index (χ0n) is 9.63. The Bertz CT molecular complexity index is 585. The highest BCUT2D eigenvalue weighted by molar-refractivity contribution is 6.33. The summed E-state index contributed by atoms with van der Waals surface area (Å²) in [4.78, 5) is 3.98. The van der Waals surface area contributed by atoms with Crippen molar-refractivity contribution in [3.8, 4) is 0 Å². The maximum absolute atomic E-state index is 13.8. The van der Waals surface area contributed by atoms with Crippen LogP contribution in [-0.2, 0) is 6.54 Å². The minimum atomic E-state index is -0.683. The maximum Gasteiger partial charge on any atom is 0.213 e. The van der Waals surface area contributed by atoms with E-state index in [2.05, 4.69) is 10.3 Å². The first-order chi connectivity index (χ1) is 8.49. The molecule has 2 rings (SSSR count). The summed E-state index contributed by atoms with van der Waals surface area (Å²) in [6.45, 7) is 1.97. The molecule has 96 valence electrons. The van der Waals surface area contributed by atoms with E-state index in [1.807, 2.05) is 0 Å². The highest BCUT2D eigenvalue weighted by Crippen LogP contribution is 2.33. The standard InChI is InChI=1S/C11H12ClFN4O/c1-5-3-16-8(18-5)4-17-11-7(15)2-6(14)9(12)10(11)13/h2-3,17H,4,14-15H2,1H3. The second-order valence-corrected chi connectivity index (χ2v) is 4.15. The summed E-state index contributed by atoms with van der Waals surface area (Å²) in [5.41, 5.74) is 11.5. The fourth-order valence-electron chi connectivity index (χ4n) is 1.49. The van der Waals surface area contributed by atoms with Crippen molar-refractivity contribution in [3.05, 3.63) is 34.8 Å². The van der Waals surface area contributed by atoms with Gasteiger partial charge in [-0.25, -0.2) is 9.37 Å². The molecule has 0 unspecified atom stereocenters. The zero-order chi connectivity index (χ0) is 13.3. The van der Waals surface area contributed by atoms with E-state index in [9.17, 15) is 4.39 Å². The second-order valence-electron chi connectivity index (χ2n) is 3.78.